The maximum absolute atomic E-state index is 12.2. The lowest BCUT2D eigenvalue weighted by Crippen LogP contribution is -2.29. The fourth-order valence-corrected chi connectivity index (χ4v) is 2.07. The van der Waals surface area contributed by atoms with Crippen molar-refractivity contribution in [1.29, 1.82) is 0 Å². The van der Waals surface area contributed by atoms with E-state index in [1.165, 1.54) is 0 Å². The predicted octanol–water partition coefficient (Wildman–Crippen LogP) is 2.51. The summed E-state index contributed by atoms with van der Waals surface area (Å²) in [4.78, 5) is 18.6. The van der Waals surface area contributed by atoms with Crippen LogP contribution in [0.25, 0.3) is 11.0 Å². The van der Waals surface area contributed by atoms with Gasteiger partial charge in [0, 0.05) is 18.5 Å². The number of nitrogens with zero attached hydrogens (tertiary/aromatic N) is 2. The van der Waals surface area contributed by atoms with Crippen LogP contribution in [-0.4, -0.2) is 50.6 Å². The Hall–Kier alpha value is -2.34. The van der Waals surface area contributed by atoms with Crippen molar-refractivity contribution in [3.05, 3.63) is 36.1 Å². The van der Waals surface area contributed by atoms with Crippen LogP contribution in [0.3, 0.4) is 0 Å². The van der Waals surface area contributed by atoms with Crippen LogP contribution in [-0.2, 0) is 4.74 Å². The summed E-state index contributed by atoms with van der Waals surface area (Å²) >= 11 is 0. The van der Waals surface area contributed by atoms with Gasteiger partial charge in [0.05, 0.1) is 11.8 Å². The van der Waals surface area contributed by atoms with Gasteiger partial charge in [0.25, 0.3) is 6.02 Å². The zero-order valence-corrected chi connectivity index (χ0v) is 13.8. The molecule has 1 aromatic heterocycles. The molecule has 2 rings (SSSR count). The van der Waals surface area contributed by atoms with Crippen molar-refractivity contribution >= 4 is 23.0 Å². The second-order valence-corrected chi connectivity index (χ2v) is 5.44. The molecule has 0 radical (unpaired) electrons. The molecule has 1 heterocycles. The van der Waals surface area contributed by atoms with Gasteiger partial charge in [0.15, 0.2) is 0 Å². The number of carbonyl (C=O) groups excluding carboxylic acids is 1. The minimum Gasteiger partial charge on any atom is -0.464 e. The van der Waals surface area contributed by atoms with Gasteiger partial charge < -0.3 is 19.4 Å². The number of rotatable bonds is 6. The third kappa shape index (κ3) is 5.10. The second-order valence-electron chi connectivity index (χ2n) is 5.44. The van der Waals surface area contributed by atoms with Crippen LogP contribution in [0.2, 0.25) is 0 Å². The third-order valence-corrected chi connectivity index (χ3v) is 3.23. The molecule has 0 atom stereocenters. The minimum atomic E-state index is -0.449. The largest absolute Gasteiger partial charge is 0.464 e. The van der Waals surface area contributed by atoms with Crippen molar-refractivity contribution in [3.63, 3.8) is 0 Å². The minimum absolute atomic E-state index is 0.260. The first kappa shape index (κ1) is 17.0. The average Bonchev–Trinajstić information content (AvgIpc) is 2.98. The Kier molecular flexibility index (Phi) is 6.17. The molecule has 0 bridgehead atoms. The van der Waals surface area contributed by atoms with E-state index in [2.05, 4.69) is 15.2 Å². The van der Waals surface area contributed by atoms with Gasteiger partial charge in [0.1, 0.15) is 5.58 Å². The van der Waals surface area contributed by atoms with Crippen LogP contribution in [0.1, 0.15) is 23.7 Å². The quantitative estimate of drug-likeness (QED) is 0.384. The first-order chi connectivity index (χ1) is 11.1. The zero-order valence-electron chi connectivity index (χ0n) is 13.8. The number of esters is 1. The number of hydrogen-bond acceptors (Lipinski definition) is 5. The molecule has 0 aliphatic carbocycles. The van der Waals surface area contributed by atoms with Crippen LogP contribution in [0.4, 0.5) is 0 Å². The lowest BCUT2D eigenvalue weighted by atomic mass is 10.2. The molecular weight excluding hydrogens is 294 g/mol. The second kappa shape index (κ2) is 8.33. The third-order valence-electron chi connectivity index (χ3n) is 3.23. The van der Waals surface area contributed by atoms with Crippen molar-refractivity contribution in [2.75, 3.05) is 33.7 Å². The van der Waals surface area contributed by atoms with Crippen LogP contribution < -0.4 is 5.32 Å². The number of amidine groups is 1. The van der Waals surface area contributed by atoms with E-state index in [4.69, 9.17) is 9.15 Å². The Bertz CT molecular complexity index is 677. The summed E-state index contributed by atoms with van der Waals surface area (Å²) in [6.07, 6.45) is 2.49. The molecule has 0 saturated heterocycles. The van der Waals surface area contributed by atoms with Gasteiger partial charge in [-0.1, -0.05) is 6.07 Å². The number of fused-ring (bicyclic) bond motifs is 1. The van der Waals surface area contributed by atoms with E-state index in [1.54, 1.807) is 18.4 Å². The number of ether oxygens (including phenoxy) is 1. The molecule has 0 amide bonds. The Morgan fingerprint density at radius 3 is 2.91 bits per heavy atom. The summed E-state index contributed by atoms with van der Waals surface area (Å²) < 4.78 is 10.7. The van der Waals surface area contributed by atoms with E-state index in [9.17, 15) is 4.79 Å². The first-order valence-corrected chi connectivity index (χ1v) is 7.72. The van der Waals surface area contributed by atoms with Gasteiger partial charge in [-0.15, -0.1) is 0 Å². The SMILES string of the molecule is CCNC(=NCCCN(C)C)OC(=O)c1ccc2ccoc2c1. The van der Waals surface area contributed by atoms with Crippen molar-refractivity contribution in [3.8, 4) is 0 Å². The topological polar surface area (TPSA) is 67.1 Å². The lowest BCUT2D eigenvalue weighted by Gasteiger charge is -2.10. The highest BCUT2D eigenvalue weighted by atomic mass is 16.6. The Labute approximate surface area is 136 Å². The van der Waals surface area contributed by atoms with Gasteiger partial charge in [-0.05, 0) is 52.2 Å². The Balaban J connectivity index is 2.00. The molecule has 0 saturated carbocycles. The maximum atomic E-state index is 12.2. The molecule has 0 aliphatic heterocycles. The van der Waals surface area contributed by atoms with Gasteiger partial charge in [-0.3, -0.25) is 0 Å². The standard InChI is InChI=1S/C17H23N3O3/c1-4-18-17(19-9-5-10-20(2)3)23-16(21)14-7-6-13-8-11-22-15(13)12-14/h6-8,11-12H,4-5,9-10H2,1-3H3,(H,18,19). The number of hydrogen-bond donors (Lipinski definition) is 1. The maximum Gasteiger partial charge on any atom is 0.346 e. The average molecular weight is 317 g/mol. The molecule has 124 valence electrons. The molecule has 23 heavy (non-hydrogen) atoms. The molecule has 0 unspecified atom stereocenters. The highest BCUT2D eigenvalue weighted by Gasteiger charge is 2.12. The molecule has 6 heteroatoms. The summed E-state index contributed by atoms with van der Waals surface area (Å²) in [5.41, 5.74) is 1.10. The number of carbonyl (C=O) groups is 1. The van der Waals surface area contributed by atoms with Crippen molar-refractivity contribution < 1.29 is 13.9 Å². The van der Waals surface area contributed by atoms with Crippen molar-refractivity contribution in [1.82, 2.24) is 10.2 Å². The highest BCUT2D eigenvalue weighted by Crippen LogP contribution is 2.17. The number of furan rings is 1. The van der Waals surface area contributed by atoms with E-state index >= 15 is 0 Å². The summed E-state index contributed by atoms with van der Waals surface area (Å²) in [6, 6.07) is 7.33. The van der Waals surface area contributed by atoms with E-state index in [-0.39, 0.29) is 6.02 Å². The zero-order chi connectivity index (χ0) is 16.7. The predicted molar refractivity (Wildman–Crippen MR) is 90.8 cm³/mol. The van der Waals surface area contributed by atoms with Crippen molar-refractivity contribution in [2.24, 2.45) is 4.99 Å². The van der Waals surface area contributed by atoms with Gasteiger partial charge in [0.2, 0.25) is 0 Å². The van der Waals surface area contributed by atoms with E-state index in [1.807, 2.05) is 33.2 Å². The van der Waals surface area contributed by atoms with E-state index in [0.29, 0.717) is 24.2 Å². The van der Waals surface area contributed by atoms with E-state index < -0.39 is 5.97 Å². The van der Waals surface area contributed by atoms with Gasteiger partial charge in [-0.2, -0.15) is 0 Å². The number of benzene rings is 1. The van der Waals surface area contributed by atoms with Crippen LogP contribution in [0.15, 0.2) is 39.9 Å². The summed E-state index contributed by atoms with van der Waals surface area (Å²) in [6.45, 7) is 4.10. The van der Waals surface area contributed by atoms with Crippen molar-refractivity contribution in [2.45, 2.75) is 13.3 Å². The van der Waals surface area contributed by atoms with Crippen LogP contribution in [0, 0.1) is 0 Å². The molecule has 0 spiro atoms. The molecule has 6 nitrogen and oxygen atoms in total. The Morgan fingerprint density at radius 2 is 2.17 bits per heavy atom. The monoisotopic (exact) mass is 317 g/mol. The van der Waals surface area contributed by atoms with Gasteiger partial charge >= 0.3 is 5.97 Å². The lowest BCUT2D eigenvalue weighted by molar-refractivity contribution is 0.0707. The van der Waals surface area contributed by atoms with Crippen LogP contribution in [0.5, 0.6) is 0 Å². The molecule has 0 aliphatic rings. The Morgan fingerprint density at radius 1 is 1.35 bits per heavy atom. The molecule has 0 fully saturated rings. The van der Waals surface area contributed by atoms with Gasteiger partial charge in [-0.25, -0.2) is 9.79 Å². The fourth-order valence-electron chi connectivity index (χ4n) is 2.07. The van der Waals surface area contributed by atoms with Crippen LogP contribution >= 0.6 is 0 Å². The summed E-state index contributed by atoms with van der Waals surface area (Å²) in [7, 11) is 4.03. The number of aliphatic imine (C=N–C) groups is 1. The molecular formula is C17H23N3O3. The molecule has 2 aromatic rings. The fraction of sp³-hybridized carbons (Fsp3) is 0.412. The smallest absolute Gasteiger partial charge is 0.346 e. The summed E-state index contributed by atoms with van der Waals surface area (Å²) in [5, 5.41) is 3.92. The highest BCUT2D eigenvalue weighted by molar-refractivity contribution is 5.99. The normalized spacial score (nSPS) is 11.9. The summed E-state index contributed by atoms with van der Waals surface area (Å²) in [5.74, 6) is -0.449. The molecule has 1 aromatic carbocycles. The molecule has 1 N–H and O–H groups in total. The number of nitrogens with one attached hydrogen (secondary N) is 1. The first-order valence-electron chi connectivity index (χ1n) is 7.72. The van der Waals surface area contributed by atoms with E-state index in [0.717, 1.165) is 18.4 Å².